The third-order valence-electron chi connectivity index (χ3n) is 4.46. The van der Waals surface area contributed by atoms with Crippen molar-refractivity contribution >= 4 is 17.8 Å². The minimum atomic E-state index is -1.12. The topological polar surface area (TPSA) is 95.9 Å². The van der Waals surface area contributed by atoms with E-state index in [4.69, 9.17) is 4.74 Å². The first-order chi connectivity index (χ1) is 13.8. The van der Waals surface area contributed by atoms with Crippen molar-refractivity contribution in [2.45, 2.75) is 32.9 Å². The molecule has 0 aliphatic heterocycles. The molecule has 2 N–H and O–H groups in total. The van der Waals surface area contributed by atoms with Crippen molar-refractivity contribution in [2.75, 3.05) is 13.1 Å². The maximum Gasteiger partial charge on any atom is 0.326 e. The quantitative estimate of drug-likeness (QED) is 0.677. The van der Waals surface area contributed by atoms with Crippen LogP contribution in [0.2, 0.25) is 0 Å². The molecular formula is C22H26N2O5. The molecule has 154 valence electrons. The number of nitrogens with zero attached hydrogens (tertiary/aromatic N) is 1. The number of hydrogen-bond acceptors (Lipinski definition) is 4. The first kappa shape index (κ1) is 21.9. The molecule has 2 aromatic carbocycles. The Morgan fingerprint density at radius 1 is 1.00 bits per heavy atom. The van der Waals surface area contributed by atoms with E-state index >= 15 is 0 Å². The first-order valence-electron chi connectivity index (χ1n) is 9.39. The van der Waals surface area contributed by atoms with Gasteiger partial charge in [0.2, 0.25) is 5.91 Å². The lowest BCUT2D eigenvalue weighted by Gasteiger charge is -2.29. The summed E-state index contributed by atoms with van der Waals surface area (Å²) in [6.07, 6.45) is -0.878. The molecule has 0 bridgehead atoms. The third kappa shape index (κ3) is 6.34. The Morgan fingerprint density at radius 3 is 2.14 bits per heavy atom. The molecule has 0 aliphatic rings. The van der Waals surface area contributed by atoms with Crippen LogP contribution in [0, 0.1) is 0 Å². The zero-order valence-electron chi connectivity index (χ0n) is 16.8. The fourth-order valence-corrected chi connectivity index (χ4v) is 2.83. The molecule has 0 radical (unpaired) electrons. The van der Waals surface area contributed by atoms with E-state index in [-0.39, 0.29) is 19.0 Å². The number of carbonyl (C=O) groups excluding carboxylic acids is 2. The summed E-state index contributed by atoms with van der Waals surface area (Å²) in [7, 11) is 0. The largest absolute Gasteiger partial charge is 0.481 e. The average molecular weight is 398 g/mol. The van der Waals surface area contributed by atoms with Crippen molar-refractivity contribution in [2.24, 2.45) is 0 Å². The highest BCUT2D eigenvalue weighted by Crippen LogP contribution is 2.23. The van der Waals surface area contributed by atoms with E-state index in [1.807, 2.05) is 42.5 Å². The van der Waals surface area contributed by atoms with Gasteiger partial charge in [-0.05, 0) is 37.1 Å². The summed E-state index contributed by atoms with van der Waals surface area (Å²) < 4.78 is 5.73. The average Bonchev–Trinajstić information content (AvgIpc) is 2.71. The molecule has 0 aliphatic carbocycles. The van der Waals surface area contributed by atoms with E-state index in [1.54, 1.807) is 19.1 Å². The Labute approximate surface area is 170 Å². The molecule has 0 saturated carbocycles. The lowest BCUT2D eigenvalue weighted by Crippen LogP contribution is -2.51. The van der Waals surface area contributed by atoms with Crippen LogP contribution in [-0.2, 0) is 14.4 Å². The normalized spacial score (nSPS) is 12.5. The second-order valence-electron chi connectivity index (χ2n) is 6.68. The summed E-state index contributed by atoms with van der Waals surface area (Å²) in [5.74, 6) is -1.32. The Balaban J connectivity index is 2.05. The lowest BCUT2D eigenvalue weighted by atomic mass is 10.1. The Bertz CT molecular complexity index is 836. The number of hydrogen-bond donors (Lipinski definition) is 2. The number of nitrogens with one attached hydrogen (secondary N) is 1. The lowest BCUT2D eigenvalue weighted by molar-refractivity contribution is -0.152. The summed E-state index contributed by atoms with van der Waals surface area (Å²) in [5, 5.41) is 11.9. The van der Waals surface area contributed by atoms with Crippen LogP contribution >= 0.6 is 0 Å². The molecule has 2 rings (SSSR count). The van der Waals surface area contributed by atoms with Crippen LogP contribution in [0.15, 0.2) is 54.6 Å². The van der Waals surface area contributed by atoms with Crippen LogP contribution in [0.3, 0.4) is 0 Å². The second kappa shape index (κ2) is 10.3. The second-order valence-corrected chi connectivity index (χ2v) is 6.68. The summed E-state index contributed by atoms with van der Waals surface area (Å²) >= 11 is 0. The third-order valence-corrected chi connectivity index (χ3v) is 4.46. The van der Waals surface area contributed by atoms with E-state index < -0.39 is 24.0 Å². The van der Waals surface area contributed by atoms with E-state index in [9.17, 15) is 19.5 Å². The molecular weight excluding hydrogens is 372 g/mol. The number of carboxylic acids is 1. The molecule has 0 heterocycles. The van der Waals surface area contributed by atoms with Crippen LogP contribution in [0.5, 0.6) is 5.75 Å². The zero-order chi connectivity index (χ0) is 21.4. The van der Waals surface area contributed by atoms with E-state index in [0.29, 0.717) is 5.75 Å². The summed E-state index contributed by atoms with van der Waals surface area (Å²) in [6.45, 7) is 4.60. The highest BCUT2D eigenvalue weighted by atomic mass is 16.5. The SMILES string of the molecule is CC(=O)NCCN(C(=O)C(C)Oc1ccc(-c2ccccc2)cc1)C(C)C(=O)O. The molecule has 0 aromatic heterocycles. The van der Waals surface area contributed by atoms with Gasteiger partial charge in [-0.25, -0.2) is 4.79 Å². The zero-order valence-corrected chi connectivity index (χ0v) is 16.8. The predicted octanol–water partition coefficient (Wildman–Crippen LogP) is 2.56. The molecule has 7 nitrogen and oxygen atoms in total. The Kier molecular flexibility index (Phi) is 7.77. The van der Waals surface area contributed by atoms with Gasteiger partial charge >= 0.3 is 5.97 Å². The van der Waals surface area contributed by atoms with Gasteiger partial charge < -0.3 is 20.1 Å². The van der Waals surface area contributed by atoms with Crippen molar-refractivity contribution < 1.29 is 24.2 Å². The van der Waals surface area contributed by atoms with Crippen molar-refractivity contribution in [3.8, 4) is 16.9 Å². The van der Waals surface area contributed by atoms with Crippen LogP contribution in [-0.4, -0.2) is 53.0 Å². The van der Waals surface area contributed by atoms with E-state index in [1.165, 1.54) is 18.7 Å². The van der Waals surface area contributed by atoms with Gasteiger partial charge in [0.05, 0.1) is 0 Å². The first-order valence-corrected chi connectivity index (χ1v) is 9.39. The van der Waals surface area contributed by atoms with Gasteiger partial charge in [0.25, 0.3) is 5.91 Å². The van der Waals surface area contributed by atoms with Gasteiger partial charge in [-0.2, -0.15) is 0 Å². The fourth-order valence-electron chi connectivity index (χ4n) is 2.83. The number of amides is 2. The molecule has 29 heavy (non-hydrogen) atoms. The number of carboxylic acid groups (broad SMARTS) is 1. The van der Waals surface area contributed by atoms with Gasteiger partial charge in [-0.3, -0.25) is 9.59 Å². The molecule has 0 fully saturated rings. The Morgan fingerprint density at radius 2 is 1.59 bits per heavy atom. The molecule has 2 amide bonds. The summed E-state index contributed by atoms with van der Waals surface area (Å²) in [4.78, 5) is 36.4. The number of ether oxygens (including phenoxy) is 1. The number of aliphatic carboxylic acids is 1. The minimum absolute atomic E-state index is 0.0759. The van der Waals surface area contributed by atoms with Crippen LogP contribution in [0.1, 0.15) is 20.8 Å². The monoisotopic (exact) mass is 398 g/mol. The van der Waals surface area contributed by atoms with Gasteiger partial charge in [0.15, 0.2) is 6.10 Å². The van der Waals surface area contributed by atoms with Crippen LogP contribution in [0.4, 0.5) is 0 Å². The molecule has 7 heteroatoms. The molecule has 2 atom stereocenters. The van der Waals surface area contributed by atoms with Crippen LogP contribution in [0.25, 0.3) is 11.1 Å². The highest BCUT2D eigenvalue weighted by molar-refractivity contribution is 5.86. The number of benzene rings is 2. The van der Waals surface area contributed by atoms with E-state index in [0.717, 1.165) is 11.1 Å². The van der Waals surface area contributed by atoms with Crippen molar-refractivity contribution in [3.63, 3.8) is 0 Å². The van der Waals surface area contributed by atoms with Gasteiger partial charge in [-0.1, -0.05) is 42.5 Å². The summed E-state index contributed by atoms with van der Waals surface area (Å²) in [5.41, 5.74) is 2.09. The van der Waals surface area contributed by atoms with Crippen molar-refractivity contribution in [1.29, 1.82) is 0 Å². The van der Waals surface area contributed by atoms with Crippen molar-refractivity contribution in [3.05, 3.63) is 54.6 Å². The smallest absolute Gasteiger partial charge is 0.326 e. The fraction of sp³-hybridized carbons (Fsp3) is 0.318. The molecule has 2 unspecified atom stereocenters. The molecule has 0 spiro atoms. The molecule has 2 aromatic rings. The number of rotatable bonds is 9. The van der Waals surface area contributed by atoms with E-state index in [2.05, 4.69) is 5.32 Å². The predicted molar refractivity (Wildman–Crippen MR) is 109 cm³/mol. The van der Waals surface area contributed by atoms with Gasteiger partial charge in [-0.15, -0.1) is 0 Å². The Hall–Kier alpha value is -3.35. The highest BCUT2D eigenvalue weighted by Gasteiger charge is 2.29. The van der Waals surface area contributed by atoms with Gasteiger partial charge in [0, 0.05) is 20.0 Å². The molecule has 0 saturated heterocycles. The maximum atomic E-state index is 12.8. The maximum absolute atomic E-state index is 12.8. The minimum Gasteiger partial charge on any atom is -0.481 e. The standard InChI is InChI=1S/C22H26N2O5/c1-15(22(27)28)24(14-13-23-17(3)25)21(26)16(2)29-20-11-9-19(10-12-20)18-7-5-4-6-8-18/h4-12,15-16H,13-14H2,1-3H3,(H,23,25)(H,27,28). The van der Waals surface area contributed by atoms with Gasteiger partial charge in [0.1, 0.15) is 11.8 Å². The number of carbonyl (C=O) groups is 3. The van der Waals surface area contributed by atoms with Crippen molar-refractivity contribution in [1.82, 2.24) is 10.2 Å². The summed E-state index contributed by atoms with van der Waals surface area (Å²) in [6, 6.07) is 16.2. The van der Waals surface area contributed by atoms with Crippen LogP contribution < -0.4 is 10.1 Å².